The second-order valence-corrected chi connectivity index (χ2v) is 7.10. The van der Waals surface area contributed by atoms with E-state index in [9.17, 15) is 18.0 Å². The van der Waals surface area contributed by atoms with Crippen LogP contribution in [-0.2, 0) is 19.1 Å². The van der Waals surface area contributed by atoms with Crippen LogP contribution in [0.4, 0.5) is 13.2 Å². The molecular formula is C17H28F3N3O5. The highest BCUT2D eigenvalue weighted by molar-refractivity contribution is 5.78. The summed E-state index contributed by atoms with van der Waals surface area (Å²) in [5.74, 6) is -2.68. The standard InChI is InChI=1S/C15H27N3O3.C2HF3O2/c1-20-12-15(19)18-10-13-14(11-18)21-9-8-17(13)7-6-16-4-2-3-5-16;3-2(4,5)1(6)7/h13-14H,2-12H2,1H3;(H,6,7)/t13-,14+;/m1./s1. The van der Waals surface area contributed by atoms with Gasteiger partial charge in [-0.25, -0.2) is 4.79 Å². The average Bonchev–Trinajstić information content (AvgIpc) is 3.29. The number of halogens is 3. The van der Waals surface area contributed by atoms with Crippen molar-refractivity contribution in [1.82, 2.24) is 14.7 Å². The number of likely N-dealkylation sites (tertiary alicyclic amines) is 2. The van der Waals surface area contributed by atoms with E-state index in [0.717, 1.165) is 32.8 Å². The Labute approximate surface area is 162 Å². The Balaban J connectivity index is 0.000000345. The highest BCUT2D eigenvalue weighted by Crippen LogP contribution is 2.23. The van der Waals surface area contributed by atoms with Crippen molar-refractivity contribution in [2.45, 2.75) is 31.2 Å². The van der Waals surface area contributed by atoms with Crippen LogP contribution in [0.2, 0.25) is 0 Å². The molecule has 11 heteroatoms. The molecule has 0 unspecified atom stereocenters. The minimum absolute atomic E-state index is 0.0787. The number of amides is 1. The first-order chi connectivity index (χ1) is 13.2. The first kappa shape index (κ1) is 22.9. The molecule has 0 aromatic rings. The van der Waals surface area contributed by atoms with E-state index in [2.05, 4.69) is 9.80 Å². The van der Waals surface area contributed by atoms with Gasteiger partial charge >= 0.3 is 12.1 Å². The van der Waals surface area contributed by atoms with Crippen LogP contribution < -0.4 is 0 Å². The number of carbonyl (C=O) groups is 2. The molecule has 0 bridgehead atoms. The van der Waals surface area contributed by atoms with Gasteiger partial charge in [0.15, 0.2) is 0 Å². The van der Waals surface area contributed by atoms with E-state index in [1.807, 2.05) is 4.90 Å². The molecule has 28 heavy (non-hydrogen) atoms. The van der Waals surface area contributed by atoms with Crippen molar-refractivity contribution in [2.24, 2.45) is 0 Å². The molecule has 0 saturated carbocycles. The van der Waals surface area contributed by atoms with Crippen molar-refractivity contribution in [3.05, 3.63) is 0 Å². The van der Waals surface area contributed by atoms with Gasteiger partial charge in [0.2, 0.25) is 5.91 Å². The third kappa shape index (κ3) is 6.57. The highest BCUT2D eigenvalue weighted by Gasteiger charge is 2.41. The fourth-order valence-corrected chi connectivity index (χ4v) is 3.73. The van der Waals surface area contributed by atoms with Crippen molar-refractivity contribution in [2.75, 3.05) is 66.1 Å². The number of carboxylic acids is 1. The fourth-order valence-electron chi connectivity index (χ4n) is 3.73. The maximum atomic E-state index is 12.0. The molecule has 162 valence electrons. The molecule has 3 saturated heterocycles. The SMILES string of the molecule is COCC(=O)N1C[C@@H]2OCCN(CCN3CCCC3)[C@@H]2C1.O=C(O)C(F)(F)F. The number of fused-ring (bicyclic) bond motifs is 1. The van der Waals surface area contributed by atoms with Gasteiger partial charge in [0.1, 0.15) is 6.61 Å². The summed E-state index contributed by atoms with van der Waals surface area (Å²) < 4.78 is 42.6. The highest BCUT2D eigenvalue weighted by atomic mass is 19.4. The molecule has 0 spiro atoms. The number of nitrogens with zero attached hydrogens (tertiary/aromatic N) is 3. The molecule has 0 aliphatic carbocycles. The number of carbonyl (C=O) groups excluding carboxylic acids is 1. The summed E-state index contributed by atoms with van der Waals surface area (Å²) in [5, 5.41) is 7.12. The van der Waals surface area contributed by atoms with E-state index in [-0.39, 0.29) is 18.6 Å². The van der Waals surface area contributed by atoms with Crippen LogP contribution in [0.5, 0.6) is 0 Å². The summed E-state index contributed by atoms with van der Waals surface area (Å²) in [4.78, 5) is 27.8. The second kappa shape index (κ2) is 10.4. The number of carboxylic acid groups (broad SMARTS) is 1. The van der Waals surface area contributed by atoms with Gasteiger partial charge in [0, 0.05) is 39.8 Å². The van der Waals surface area contributed by atoms with Crippen molar-refractivity contribution < 1.29 is 37.3 Å². The quantitative estimate of drug-likeness (QED) is 0.696. The molecule has 3 heterocycles. The summed E-state index contributed by atoms with van der Waals surface area (Å²) in [6.07, 6.45) is -2.22. The fraction of sp³-hybridized carbons (Fsp3) is 0.882. The smallest absolute Gasteiger partial charge is 0.475 e. The topological polar surface area (TPSA) is 82.5 Å². The molecule has 1 amide bonds. The number of alkyl halides is 3. The first-order valence-electron chi connectivity index (χ1n) is 9.37. The zero-order valence-electron chi connectivity index (χ0n) is 16.0. The van der Waals surface area contributed by atoms with Gasteiger partial charge in [-0.1, -0.05) is 0 Å². The Morgan fingerprint density at radius 2 is 1.79 bits per heavy atom. The lowest BCUT2D eigenvalue weighted by molar-refractivity contribution is -0.192. The summed E-state index contributed by atoms with van der Waals surface area (Å²) in [6, 6.07) is 0.363. The molecule has 0 radical (unpaired) electrons. The lowest BCUT2D eigenvalue weighted by Gasteiger charge is -2.37. The Kier molecular flexibility index (Phi) is 8.47. The second-order valence-electron chi connectivity index (χ2n) is 7.10. The number of hydrogen-bond acceptors (Lipinski definition) is 6. The summed E-state index contributed by atoms with van der Waals surface area (Å²) in [5.41, 5.74) is 0. The van der Waals surface area contributed by atoms with Crippen molar-refractivity contribution in [3.8, 4) is 0 Å². The Hall–Kier alpha value is -1.43. The van der Waals surface area contributed by atoms with Gasteiger partial charge in [0.05, 0.1) is 18.8 Å². The van der Waals surface area contributed by atoms with E-state index in [1.54, 1.807) is 7.11 Å². The normalized spacial score (nSPS) is 25.9. The van der Waals surface area contributed by atoms with Gasteiger partial charge in [0.25, 0.3) is 0 Å². The number of hydrogen-bond donors (Lipinski definition) is 1. The van der Waals surface area contributed by atoms with E-state index in [1.165, 1.54) is 25.9 Å². The van der Waals surface area contributed by atoms with Crippen LogP contribution in [0.25, 0.3) is 0 Å². The van der Waals surface area contributed by atoms with Crippen molar-refractivity contribution >= 4 is 11.9 Å². The van der Waals surface area contributed by atoms with E-state index in [0.29, 0.717) is 12.6 Å². The summed E-state index contributed by atoms with van der Waals surface area (Å²) in [6.45, 7) is 8.18. The molecule has 3 aliphatic rings. The van der Waals surface area contributed by atoms with E-state index in [4.69, 9.17) is 19.4 Å². The van der Waals surface area contributed by atoms with Gasteiger partial charge in [-0.05, 0) is 25.9 Å². The number of methoxy groups -OCH3 is 1. The third-order valence-electron chi connectivity index (χ3n) is 5.18. The van der Waals surface area contributed by atoms with E-state index >= 15 is 0 Å². The van der Waals surface area contributed by atoms with Crippen LogP contribution in [0, 0.1) is 0 Å². The van der Waals surface area contributed by atoms with Crippen molar-refractivity contribution in [3.63, 3.8) is 0 Å². The Morgan fingerprint density at radius 3 is 2.36 bits per heavy atom. The monoisotopic (exact) mass is 411 g/mol. The summed E-state index contributed by atoms with van der Waals surface area (Å²) >= 11 is 0. The predicted molar refractivity (Wildman–Crippen MR) is 92.9 cm³/mol. The van der Waals surface area contributed by atoms with Gasteiger partial charge < -0.3 is 24.4 Å². The van der Waals surface area contributed by atoms with Crippen LogP contribution in [0.15, 0.2) is 0 Å². The predicted octanol–water partition coefficient (Wildman–Crippen LogP) is 0.274. The molecule has 8 nitrogen and oxygen atoms in total. The molecule has 1 N–H and O–H groups in total. The first-order valence-corrected chi connectivity index (χ1v) is 9.37. The van der Waals surface area contributed by atoms with Crippen LogP contribution in [-0.4, -0.2) is 116 Å². The van der Waals surface area contributed by atoms with Gasteiger partial charge in [-0.3, -0.25) is 9.69 Å². The number of ether oxygens (including phenoxy) is 2. The zero-order chi connectivity index (χ0) is 20.7. The number of morpholine rings is 1. The summed E-state index contributed by atoms with van der Waals surface area (Å²) in [7, 11) is 1.57. The average molecular weight is 411 g/mol. The molecule has 0 aromatic carbocycles. The molecule has 0 aromatic heterocycles. The molecule has 3 aliphatic heterocycles. The van der Waals surface area contributed by atoms with Crippen LogP contribution >= 0.6 is 0 Å². The lowest BCUT2D eigenvalue weighted by atomic mass is 10.1. The molecular weight excluding hydrogens is 383 g/mol. The Morgan fingerprint density at radius 1 is 1.14 bits per heavy atom. The minimum atomic E-state index is -5.08. The molecule has 2 atom stereocenters. The molecule has 3 fully saturated rings. The minimum Gasteiger partial charge on any atom is -0.475 e. The number of aliphatic carboxylic acids is 1. The lowest BCUT2D eigenvalue weighted by Crippen LogP contribution is -2.52. The van der Waals surface area contributed by atoms with Crippen molar-refractivity contribution in [1.29, 1.82) is 0 Å². The maximum Gasteiger partial charge on any atom is 0.490 e. The zero-order valence-corrected chi connectivity index (χ0v) is 16.0. The molecule has 3 rings (SSSR count). The largest absolute Gasteiger partial charge is 0.490 e. The van der Waals surface area contributed by atoms with Gasteiger partial charge in [-0.15, -0.1) is 0 Å². The van der Waals surface area contributed by atoms with Gasteiger partial charge in [-0.2, -0.15) is 13.2 Å². The van der Waals surface area contributed by atoms with E-state index < -0.39 is 12.1 Å². The third-order valence-corrected chi connectivity index (χ3v) is 5.18. The maximum absolute atomic E-state index is 12.0. The van der Waals surface area contributed by atoms with Crippen LogP contribution in [0.3, 0.4) is 0 Å². The van der Waals surface area contributed by atoms with Crippen LogP contribution in [0.1, 0.15) is 12.8 Å². The Bertz CT molecular complexity index is 529. The number of rotatable bonds is 5.